The predicted molar refractivity (Wildman–Crippen MR) is 86.0 cm³/mol. The summed E-state index contributed by atoms with van der Waals surface area (Å²) in [6.45, 7) is 0.243. The molecule has 5 nitrogen and oxygen atoms in total. The lowest BCUT2D eigenvalue weighted by Crippen LogP contribution is -2.28. The SMILES string of the molecule is N#Cc1ccccc1OCCNS(=O)(=O)c1ccc(Br)cc1. The second-order valence-corrected chi connectivity index (χ2v) is 6.99. The molecule has 2 aromatic carbocycles. The summed E-state index contributed by atoms with van der Waals surface area (Å²) >= 11 is 3.25. The van der Waals surface area contributed by atoms with E-state index in [0.717, 1.165) is 4.47 Å². The highest BCUT2D eigenvalue weighted by atomic mass is 79.9. The van der Waals surface area contributed by atoms with Crippen LogP contribution in [0.15, 0.2) is 57.9 Å². The number of nitrogens with one attached hydrogen (secondary N) is 1. The first-order chi connectivity index (χ1) is 10.5. The van der Waals surface area contributed by atoms with Gasteiger partial charge in [0.25, 0.3) is 0 Å². The molecule has 2 aromatic rings. The Kier molecular flexibility index (Phi) is 5.55. The zero-order valence-electron chi connectivity index (χ0n) is 11.5. The topological polar surface area (TPSA) is 79.2 Å². The van der Waals surface area contributed by atoms with Crippen molar-refractivity contribution in [3.05, 3.63) is 58.6 Å². The number of benzene rings is 2. The summed E-state index contributed by atoms with van der Waals surface area (Å²) in [7, 11) is -3.56. The van der Waals surface area contributed by atoms with Crippen LogP contribution in [-0.2, 0) is 10.0 Å². The number of halogens is 1. The highest BCUT2D eigenvalue weighted by Crippen LogP contribution is 2.16. The second-order valence-electron chi connectivity index (χ2n) is 4.31. The normalized spacial score (nSPS) is 10.9. The molecule has 22 heavy (non-hydrogen) atoms. The fourth-order valence-corrected chi connectivity index (χ4v) is 3.00. The van der Waals surface area contributed by atoms with Crippen molar-refractivity contribution in [1.29, 1.82) is 5.26 Å². The minimum Gasteiger partial charge on any atom is -0.491 e. The molecule has 0 unspecified atom stereocenters. The molecule has 0 bridgehead atoms. The average Bonchev–Trinajstić information content (AvgIpc) is 2.52. The van der Waals surface area contributed by atoms with Crippen molar-refractivity contribution >= 4 is 26.0 Å². The van der Waals surface area contributed by atoms with E-state index in [4.69, 9.17) is 10.00 Å². The first-order valence-electron chi connectivity index (χ1n) is 6.40. The molecule has 0 saturated heterocycles. The number of nitrogens with zero attached hydrogens (tertiary/aromatic N) is 1. The van der Waals surface area contributed by atoms with Crippen molar-refractivity contribution in [2.45, 2.75) is 4.90 Å². The number of rotatable bonds is 6. The number of para-hydroxylation sites is 1. The number of sulfonamides is 1. The molecule has 0 spiro atoms. The third-order valence-corrected chi connectivity index (χ3v) is 4.79. The summed E-state index contributed by atoms with van der Waals surface area (Å²) in [6, 6.07) is 15.2. The van der Waals surface area contributed by atoms with Crippen molar-refractivity contribution < 1.29 is 13.2 Å². The maximum atomic E-state index is 12.0. The Bertz CT molecular complexity index is 783. The molecule has 0 saturated carbocycles. The third kappa shape index (κ3) is 4.31. The highest BCUT2D eigenvalue weighted by molar-refractivity contribution is 9.10. The lowest BCUT2D eigenvalue weighted by Gasteiger charge is -2.09. The average molecular weight is 381 g/mol. The minimum atomic E-state index is -3.56. The summed E-state index contributed by atoms with van der Waals surface area (Å²) in [5.41, 5.74) is 0.415. The maximum absolute atomic E-state index is 12.0. The zero-order chi connectivity index (χ0) is 16.0. The molecule has 114 valence electrons. The van der Waals surface area contributed by atoms with Crippen LogP contribution < -0.4 is 9.46 Å². The van der Waals surface area contributed by atoms with Crippen LogP contribution in [0.25, 0.3) is 0 Å². The summed E-state index contributed by atoms with van der Waals surface area (Å²) < 4.78 is 32.8. The second kappa shape index (κ2) is 7.40. The van der Waals surface area contributed by atoms with E-state index in [2.05, 4.69) is 20.7 Å². The number of ether oxygens (including phenoxy) is 1. The molecular weight excluding hydrogens is 368 g/mol. The zero-order valence-corrected chi connectivity index (χ0v) is 13.9. The van der Waals surface area contributed by atoms with Crippen molar-refractivity contribution in [1.82, 2.24) is 4.72 Å². The van der Waals surface area contributed by atoms with Gasteiger partial charge in [-0.05, 0) is 36.4 Å². The molecule has 0 radical (unpaired) electrons. The van der Waals surface area contributed by atoms with E-state index in [1.165, 1.54) is 12.1 Å². The molecule has 0 heterocycles. The number of hydrogen-bond acceptors (Lipinski definition) is 4. The molecule has 0 atom stereocenters. The lowest BCUT2D eigenvalue weighted by atomic mass is 10.2. The van der Waals surface area contributed by atoms with Crippen LogP contribution in [0.3, 0.4) is 0 Å². The van der Waals surface area contributed by atoms with Gasteiger partial charge < -0.3 is 4.74 Å². The van der Waals surface area contributed by atoms with Crippen LogP contribution in [-0.4, -0.2) is 21.6 Å². The van der Waals surface area contributed by atoms with E-state index < -0.39 is 10.0 Å². The van der Waals surface area contributed by atoms with Gasteiger partial charge in [0.1, 0.15) is 18.4 Å². The Morgan fingerprint density at radius 2 is 1.82 bits per heavy atom. The summed E-state index contributed by atoms with van der Waals surface area (Å²) in [6.07, 6.45) is 0. The first-order valence-corrected chi connectivity index (χ1v) is 8.68. The largest absolute Gasteiger partial charge is 0.491 e. The van der Waals surface area contributed by atoms with E-state index in [9.17, 15) is 8.42 Å². The van der Waals surface area contributed by atoms with E-state index >= 15 is 0 Å². The Morgan fingerprint density at radius 3 is 2.50 bits per heavy atom. The first kappa shape index (κ1) is 16.5. The molecule has 1 N–H and O–H groups in total. The lowest BCUT2D eigenvalue weighted by molar-refractivity contribution is 0.322. The van der Waals surface area contributed by atoms with Gasteiger partial charge in [-0.15, -0.1) is 0 Å². The van der Waals surface area contributed by atoms with Gasteiger partial charge in [0, 0.05) is 11.0 Å². The van der Waals surface area contributed by atoms with Crippen molar-refractivity contribution in [2.75, 3.05) is 13.2 Å². The Hall–Kier alpha value is -1.88. The van der Waals surface area contributed by atoms with Crippen LogP contribution in [0.2, 0.25) is 0 Å². The number of nitriles is 1. The molecule has 0 amide bonds. The summed E-state index contributed by atoms with van der Waals surface area (Å²) in [4.78, 5) is 0.188. The van der Waals surface area contributed by atoms with E-state index in [1.54, 1.807) is 36.4 Å². The van der Waals surface area contributed by atoms with Gasteiger partial charge in [-0.25, -0.2) is 13.1 Å². The summed E-state index contributed by atoms with van der Waals surface area (Å²) in [5.74, 6) is 0.438. The van der Waals surface area contributed by atoms with Crippen LogP contribution in [0.4, 0.5) is 0 Å². The van der Waals surface area contributed by atoms with Crippen molar-refractivity contribution in [3.8, 4) is 11.8 Å². The summed E-state index contributed by atoms with van der Waals surface area (Å²) in [5, 5.41) is 8.93. The fourth-order valence-electron chi connectivity index (χ4n) is 1.72. The minimum absolute atomic E-state index is 0.109. The van der Waals surface area contributed by atoms with Gasteiger partial charge in [-0.2, -0.15) is 5.26 Å². The van der Waals surface area contributed by atoms with Gasteiger partial charge >= 0.3 is 0 Å². The van der Waals surface area contributed by atoms with Gasteiger partial charge in [0.2, 0.25) is 10.0 Å². The van der Waals surface area contributed by atoms with Crippen LogP contribution in [0.5, 0.6) is 5.75 Å². The predicted octanol–water partition coefficient (Wildman–Crippen LogP) is 2.68. The molecule has 0 aliphatic rings. The molecule has 0 aliphatic heterocycles. The van der Waals surface area contributed by atoms with Crippen LogP contribution in [0, 0.1) is 11.3 Å². The molecular formula is C15H13BrN2O3S. The van der Waals surface area contributed by atoms with Crippen LogP contribution >= 0.6 is 15.9 Å². The van der Waals surface area contributed by atoms with Gasteiger partial charge in [0.05, 0.1) is 10.5 Å². The van der Waals surface area contributed by atoms with Gasteiger partial charge in [-0.1, -0.05) is 28.1 Å². The third-order valence-electron chi connectivity index (χ3n) is 2.78. The maximum Gasteiger partial charge on any atom is 0.240 e. The van der Waals surface area contributed by atoms with Crippen molar-refractivity contribution in [2.24, 2.45) is 0 Å². The molecule has 7 heteroatoms. The Morgan fingerprint density at radius 1 is 1.14 bits per heavy atom. The standard InChI is InChI=1S/C15H13BrN2O3S/c16-13-5-7-14(8-6-13)22(19,20)18-9-10-21-15-4-2-1-3-12(15)11-17/h1-8,18H,9-10H2. The fraction of sp³-hybridized carbons (Fsp3) is 0.133. The number of hydrogen-bond donors (Lipinski definition) is 1. The van der Waals surface area contributed by atoms with E-state index in [1.807, 2.05) is 6.07 Å². The molecule has 2 rings (SSSR count). The van der Waals surface area contributed by atoms with Gasteiger partial charge in [-0.3, -0.25) is 0 Å². The molecule has 0 aliphatic carbocycles. The highest BCUT2D eigenvalue weighted by Gasteiger charge is 2.13. The Labute approximate surface area is 137 Å². The smallest absolute Gasteiger partial charge is 0.240 e. The Balaban J connectivity index is 1.91. The monoisotopic (exact) mass is 380 g/mol. The van der Waals surface area contributed by atoms with E-state index in [-0.39, 0.29) is 18.0 Å². The molecule has 0 fully saturated rings. The van der Waals surface area contributed by atoms with Crippen LogP contribution in [0.1, 0.15) is 5.56 Å². The molecule has 0 aromatic heterocycles. The van der Waals surface area contributed by atoms with E-state index in [0.29, 0.717) is 11.3 Å². The van der Waals surface area contributed by atoms with Crippen molar-refractivity contribution in [3.63, 3.8) is 0 Å². The van der Waals surface area contributed by atoms with Gasteiger partial charge in [0.15, 0.2) is 0 Å². The quantitative estimate of drug-likeness (QED) is 0.781.